The highest BCUT2D eigenvalue weighted by Gasteiger charge is 2.12. The largest absolute Gasteiger partial charge is 0.496 e. The van der Waals surface area contributed by atoms with E-state index in [9.17, 15) is 18.4 Å². The molecule has 0 unspecified atom stereocenters. The number of methoxy groups -OCH3 is 1. The quantitative estimate of drug-likeness (QED) is 0.658. The maximum atomic E-state index is 13.3. The van der Waals surface area contributed by atoms with Gasteiger partial charge in [0.25, 0.3) is 11.8 Å². The Morgan fingerprint density at radius 2 is 1.59 bits per heavy atom. The Bertz CT molecular complexity index is 1050. The number of halogens is 2. The fraction of sp³-hybridized carbons (Fsp3) is 0.0909. The summed E-state index contributed by atoms with van der Waals surface area (Å²) >= 11 is 0. The van der Waals surface area contributed by atoms with Gasteiger partial charge < -0.3 is 15.4 Å². The minimum atomic E-state index is -1.06. The van der Waals surface area contributed by atoms with Crippen LogP contribution in [0.1, 0.15) is 26.3 Å². The Kier molecular flexibility index (Phi) is 6.19. The molecule has 0 heterocycles. The van der Waals surface area contributed by atoms with Gasteiger partial charge in [-0.15, -0.1) is 0 Å². The van der Waals surface area contributed by atoms with Gasteiger partial charge in [-0.05, 0) is 36.4 Å². The summed E-state index contributed by atoms with van der Waals surface area (Å²) in [7, 11) is 1.55. The van der Waals surface area contributed by atoms with Gasteiger partial charge in [-0.1, -0.05) is 24.3 Å². The molecule has 0 radical (unpaired) electrons. The zero-order chi connectivity index (χ0) is 20.8. The van der Waals surface area contributed by atoms with Gasteiger partial charge in [0.15, 0.2) is 11.6 Å². The molecule has 0 aliphatic rings. The van der Waals surface area contributed by atoms with Crippen molar-refractivity contribution in [3.63, 3.8) is 0 Å². The van der Waals surface area contributed by atoms with Gasteiger partial charge in [0.1, 0.15) is 5.75 Å². The molecular weight excluding hydrogens is 378 g/mol. The van der Waals surface area contributed by atoms with Crippen LogP contribution in [0.15, 0.2) is 66.7 Å². The van der Waals surface area contributed by atoms with E-state index in [0.717, 1.165) is 17.7 Å². The molecule has 0 fully saturated rings. The number of amides is 2. The Hall–Kier alpha value is -3.74. The number of nitrogens with one attached hydrogen (secondary N) is 2. The first-order valence-corrected chi connectivity index (χ1v) is 8.74. The van der Waals surface area contributed by atoms with Crippen LogP contribution in [0.3, 0.4) is 0 Å². The maximum absolute atomic E-state index is 13.3. The van der Waals surface area contributed by atoms with Crippen molar-refractivity contribution in [1.82, 2.24) is 5.32 Å². The molecule has 0 bridgehead atoms. The van der Waals surface area contributed by atoms with Crippen LogP contribution in [0.2, 0.25) is 0 Å². The average Bonchev–Trinajstić information content (AvgIpc) is 2.74. The van der Waals surface area contributed by atoms with E-state index in [4.69, 9.17) is 4.74 Å². The maximum Gasteiger partial charge on any atom is 0.255 e. The highest BCUT2D eigenvalue weighted by atomic mass is 19.2. The number of carbonyl (C=O) groups is 2. The van der Waals surface area contributed by atoms with E-state index in [-0.39, 0.29) is 29.3 Å². The summed E-state index contributed by atoms with van der Waals surface area (Å²) in [6.45, 7) is 0.258. The van der Waals surface area contributed by atoms with E-state index < -0.39 is 17.5 Å². The van der Waals surface area contributed by atoms with Gasteiger partial charge in [0.2, 0.25) is 0 Å². The van der Waals surface area contributed by atoms with Crippen molar-refractivity contribution in [2.24, 2.45) is 0 Å². The number of carbonyl (C=O) groups excluding carboxylic acids is 2. The van der Waals surface area contributed by atoms with Crippen molar-refractivity contribution >= 4 is 17.5 Å². The smallest absolute Gasteiger partial charge is 0.255 e. The molecule has 29 heavy (non-hydrogen) atoms. The van der Waals surface area contributed by atoms with Crippen LogP contribution in [-0.2, 0) is 6.54 Å². The van der Waals surface area contributed by atoms with Crippen LogP contribution in [0.5, 0.6) is 5.75 Å². The molecule has 0 aliphatic carbocycles. The second-order valence-electron chi connectivity index (χ2n) is 6.16. The lowest BCUT2D eigenvalue weighted by Crippen LogP contribution is -2.23. The number of rotatable bonds is 6. The van der Waals surface area contributed by atoms with Crippen molar-refractivity contribution in [3.05, 3.63) is 95.1 Å². The molecule has 5 nitrogen and oxygen atoms in total. The molecule has 0 saturated carbocycles. The SMILES string of the molecule is COc1ccccc1CNC(=O)c1cccc(C(=O)Nc2ccc(F)c(F)c2)c1. The predicted molar refractivity (Wildman–Crippen MR) is 105 cm³/mol. The van der Waals surface area contributed by atoms with Gasteiger partial charge in [-0.3, -0.25) is 9.59 Å². The highest BCUT2D eigenvalue weighted by Crippen LogP contribution is 2.17. The van der Waals surface area contributed by atoms with E-state index >= 15 is 0 Å². The number of anilines is 1. The van der Waals surface area contributed by atoms with Crippen molar-refractivity contribution in [3.8, 4) is 5.75 Å². The third-order valence-electron chi connectivity index (χ3n) is 4.20. The van der Waals surface area contributed by atoms with Crippen LogP contribution in [0, 0.1) is 11.6 Å². The van der Waals surface area contributed by atoms with Gasteiger partial charge >= 0.3 is 0 Å². The predicted octanol–water partition coefficient (Wildman–Crippen LogP) is 4.16. The van der Waals surface area contributed by atoms with Gasteiger partial charge in [-0.25, -0.2) is 8.78 Å². The van der Waals surface area contributed by atoms with E-state index in [1.54, 1.807) is 25.3 Å². The van der Waals surface area contributed by atoms with E-state index in [1.165, 1.54) is 18.2 Å². The first-order chi connectivity index (χ1) is 14.0. The standard InChI is InChI=1S/C22H18F2N2O3/c1-29-20-8-3-2-5-16(20)13-25-21(27)14-6-4-7-15(11-14)22(28)26-17-9-10-18(23)19(24)12-17/h2-12H,13H2,1H3,(H,25,27)(H,26,28). The van der Waals surface area contributed by atoms with Gasteiger partial charge in [0, 0.05) is 35.0 Å². The summed E-state index contributed by atoms with van der Waals surface area (Å²) in [5.74, 6) is -2.31. The first kappa shape index (κ1) is 20.0. The topological polar surface area (TPSA) is 67.4 Å². The van der Waals surface area contributed by atoms with Gasteiger partial charge in [-0.2, -0.15) is 0 Å². The molecule has 0 aliphatic heterocycles. The molecule has 0 saturated heterocycles. The van der Waals surface area contributed by atoms with Crippen LogP contribution in [0.4, 0.5) is 14.5 Å². The number of hydrogen-bond donors (Lipinski definition) is 2. The zero-order valence-electron chi connectivity index (χ0n) is 15.5. The Morgan fingerprint density at radius 1 is 0.862 bits per heavy atom. The fourth-order valence-corrected chi connectivity index (χ4v) is 2.71. The minimum absolute atomic E-state index is 0.111. The summed E-state index contributed by atoms with van der Waals surface area (Å²) in [4.78, 5) is 24.8. The number of benzene rings is 3. The van der Waals surface area contributed by atoms with Crippen LogP contribution >= 0.6 is 0 Å². The summed E-state index contributed by atoms with van der Waals surface area (Å²) < 4.78 is 31.5. The molecule has 3 aromatic carbocycles. The summed E-state index contributed by atoms with van der Waals surface area (Å²) in [6.07, 6.45) is 0. The second kappa shape index (κ2) is 8.97. The summed E-state index contributed by atoms with van der Waals surface area (Å²) in [6, 6.07) is 16.5. The van der Waals surface area contributed by atoms with Crippen molar-refractivity contribution in [1.29, 1.82) is 0 Å². The third kappa shape index (κ3) is 4.95. The lowest BCUT2D eigenvalue weighted by molar-refractivity contribution is 0.0950. The molecule has 0 spiro atoms. The number of ether oxygens (including phenoxy) is 1. The number of hydrogen-bond acceptors (Lipinski definition) is 3. The van der Waals surface area contributed by atoms with E-state index in [2.05, 4.69) is 10.6 Å². The molecule has 7 heteroatoms. The lowest BCUT2D eigenvalue weighted by Gasteiger charge is -2.10. The molecule has 148 valence electrons. The van der Waals surface area contributed by atoms with Crippen molar-refractivity contribution in [2.75, 3.05) is 12.4 Å². The molecule has 3 aromatic rings. The van der Waals surface area contributed by atoms with Crippen LogP contribution < -0.4 is 15.4 Å². The molecule has 0 aromatic heterocycles. The molecule has 0 atom stereocenters. The Balaban J connectivity index is 1.68. The third-order valence-corrected chi connectivity index (χ3v) is 4.20. The Labute approximate surface area is 166 Å². The molecule has 2 amide bonds. The minimum Gasteiger partial charge on any atom is -0.496 e. The average molecular weight is 396 g/mol. The summed E-state index contributed by atoms with van der Waals surface area (Å²) in [5.41, 5.74) is 1.42. The molecular formula is C22H18F2N2O3. The van der Waals surface area contributed by atoms with Crippen LogP contribution in [-0.4, -0.2) is 18.9 Å². The fourth-order valence-electron chi connectivity index (χ4n) is 2.71. The summed E-state index contributed by atoms with van der Waals surface area (Å²) in [5, 5.41) is 5.25. The first-order valence-electron chi connectivity index (χ1n) is 8.74. The van der Waals surface area contributed by atoms with Crippen LogP contribution in [0.25, 0.3) is 0 Å². The normalized spacial score (nSPS) is 10.3. The zero-order valence-corrected chi connectivity index (χ0v) is 15.5. The molecule has 2 N–H and O–H groups in total. The highest BCUT2D eigenvalue weighted by molar-refractivity contribution is 6.06. The van der Waals surface area contributed by atoms with E-state index in [1.807, 2.05) is 18.2 Å². The molecule has 3 rings (SSSR count). The lowest BCUT2D eigenvalue weighted by atomic mass is 10.1. The Morgan fingerprint density at radius 3 is 2.31 bits per heavy atom. The van der Waals surface area contributed by atoms with Crippen molar-refractivity contribution < 1.29 is 23.1 Å². The number of para-hydroxylation sites is 1. The second-order valence-corrected chi connectivity index (χ2v) is 6.16. The van der Waals surface area contributed by atoms with Crippen molar-refractivity contribution in [2.45, 2.75) is 6.54 Å². The monoisotopic (exact) mass is 396 g/mol. The van der Waals surface area contributed by atoms with Gasteiger partial charge in [0.05, 0.1) is 7.11 Å². The van der Waals surface area contributed by atoms with E-state index in [0.29, 0.717) is 5.75 Å².